The Morgan fingerprint density at radius 3 is 2.62 bits per heavy atom. The number of aromatic nitrogens is 3. The van der Waals surface area contributed by atoms with Gasteiger partial charge in [0.25, 0.3) is 0 Å². The highest BCUT2D eigenvalue weighted by Crippen LogP contribution is 2.26. The molecule has 0 radical (unpaired) electrons. The Hall–Kier alpha value is -3.71. The molecule has 32 heavy (non-hydrogen) atoms. The molecular weight excluding hydrogens is 402 g/mol. The van der Waals surface area contributed by atoms with Crippen LogP contribution in [-0.2, 0) is 0 Å². The maximum absolute atomic E-state index is 11.7. The van der Waals surface area contributed by atoms with Crippen LogP contribution < -0.4 is 10.6 Å². The molecule has 0 spiro atoms. The van der Waals surface area contributed by atoms with E-state index in [1.165, 1.54) is 11.1 Å². The summed E-state index contributed by atoms with van der Waals surface area (Å²) in [6, 6.07) is 13.6. The number of carbonyl (C=O) groups is 1. The SMILES string of the molecule is Cc1cc(C)cc(-c2cnc3ccn(-c4ccc(C(=O)O)c(NCC5CNC5)c4)c3n2)c1. The second-order valence-electron chi connectivity index (χ2n) is 8.47. The van der Waals surface area contributed by atoms with Gasteiger partial charge in [0.05, 0.1) is 23.1 Å². The molecule has 162 valence electrons. The molecule has 1 fully saturated rings. The summed E-state index contributed by atoms with van der Waals surface area (Å²) in [5.41, 5.74) is 7.43. The lowest BCUT2D eigenvalue weighted by Crippen LogP contribution is -2.45. The highest BCUT2D eigenvalue weighted by atomic mass is 16.4. The lowest BCUT2D eigenvalue weighted by molar-refractivity contribution is 0.0698. The Morgan fingerprint density at radius 2 is 1.94 bits per heavy atom. The van der Waals surface area contributed by atoms with Crippen molar-refractivity contribution in [3.8, 4) is 16.9 Å². The third-order valence-corrected chi connectivity index (χ3v) is 5.87. The van der Waals surface area contributed by atoms with Crippen molar-refractivity contribution in [3.05, 3.63) is 71.5 Å². The Balaban J connectivity index is 1.55. The van der Waals surface area contributed by atoms with Gasteiger partial charge in [-0.2, -0.15) is 0 Å². The van der Waals surface area contributed by atoms with Gasteiger partial charge in [0.15, 0.2) is 5.65 Å². The Labute approximate surface area is 186 Å². The van der Waals surface area contributed by atoms with Gasteiger partial charge in [0.2, 0.25) is 0 Å². The topological polar surface area (TPSA) is 92.1 Å². The third-order valence-electron chi connectivity index (χ3n) is 5.87. The Morgan fingerprint density at radius 1 is 1.16 bits per heavy atom. The fourth-order valence-corrected chi connectivity index (χ4v) is 4.13. The number of fused-ring (bicyclic) bond motifs is 1. The third kappa shape index (κ3) is 3.83. The highest BCUT2D eigenvalue weighted by Gasteiger charge is 2.19. The standard InChI is InChI=1S/C25H25N5O2/c1-15-7-16(2)9-18(8-15)23-14-28-21-5-6-30(24(21)29-23)19-3-4-20(25(31)32)22(10-19)27-13-17-11-26-12-17/h3-10,14,17,26-27H,11-13H2,1-2H3,(H,31,32). The maximum Gasteiger partial charge on any atom is 0.337 e. The first-order chi connectivity index (χ1) is 15.5. The van der Waals surface area contributed by atoms with Crippen molar-refractivity contribution in [2.24, 2.45) is 5.92 Å². The molecule has 7 heteroatoms. The fourth-order valence-electron chi connectivity index (χ4n) is 4.13. The summed E-state index contributed by atoms with van der Waals surface area (Å²) in [5, 5.41) is 16.2. The summed E-state index contributed by atoms with van der Waals surface area (Å²) in [4.78, 5) is 21.2. The van der Waals surface area contributed by atoms with Gasteiger partial charge in [-0.3, -0.25) is 9.55 Å². The summed E-state index contributed by atoms with van der Waals surface area (Å²) in [6.07, 6.45) is 3.72. The molecule has 2 aromatic heterocycles. The van der Waals surface area contributed by atoms with E-state index in [0.29, 0.717) is 11.6 Å². The number of carboxylic acid groups (broad SMARTS) is 1. The van der Waals surface area contributed by atoms with Gasteiger partial charge in [0.1, 0.15) is 5.52 Å². The van der Waals surface area contributed by atoms with E-state index in [4.69, 9.17) is 4.98 Å². The second-order valence-corrected chi connectivity index (χ2v) is 8.47. The lowest BCUT2D eigenvalue weighted by atomic mass is 10.0. The van der Waals surface area contributed by atoms with Crippen LogP contribution in [0.5, 0.6) is 0 Å². The Kier molecular flexibility index (Phi) is 5.11. The molecule has 4 aromatic rings. The largest absolute Gasteiger partial charge is 0.478 e. The maximum atomic E-state index is 11.7. The number of aryl methyl sites for hydroxylation is 2. The normalized spacial score (nSPS) is 13.8. The van der Waals surface area contributed by atoms with Crippen molar-refractivity contribution in [2.45, 2.75) is 13.8 Å². The molecule has 0 atom stereocenters. The van der Waals surface area contributed by atoms with Gasteiger partial charge in [0, 0.05) is 43.0 Å². The van der Waals surface area contributed by atoms with Gasteiger partial charge < -0.3 is 15.7 Å². The van der Waals surface area contributed by atoms with E-state index in [2.05, 4.69) is 47.7 Å². The van der Waals surface area contributed by atoms with E-state index in [9.17, 15) is 9.90 Å². The highest BCUT2D eigenvalue weighted by molar-refractivity contribution is 5.95. The van der Waals surface area contributed by atoms with E-state index in [-0.39, 0.29) is 5.56 Å². The quantitative estimate of drug-likeness (QED) is 0.430. The van der Waals surface area contributed by atoms with Gasteiger partial charge in [-0.25, -0.2) is 9.78 Å². The van der Waals surface area contributed by atoms with Crippen LogP contribution in [0.1, 0.15) is 21.5 Å². The van der Waals surface area contributed by atoms with Gasteiger partial charge >= 0.3 is 5.97 Å². The van der Waals surface area contributed by atoms with Crippen LogP contribution in [0.3, 0.4) is 0 Å². The Bertz CT molecular complexity index is 1300. The van der Waals surface area contributed by atoms with E-state index in [0.717, 1.165) is 47.7 Å². The molecule has 1 saturated heterocycles. The summed E-state index contributed by atoms with van der Waals surface area (Å²) in [5.74, 6) is -0.432. The summed E-state index contributed by atoms with van der Waals surface area (Å²) in [7, 11) is 0. The van der Waals surface area contributed by atoms with Crippen molar-refractivity contribution >= 4 is 22.8 Å². The number of aromatic carboxylic acids is 1. The van der Waals surface area contributed by atoms with Gasteiger partial charge in [-0.15, -0.1) is 0 Å². The predicted molar refractivity (Wildman–Crippen MR) is 126 cm³/mol. The fraction of sp³-hybridized carbons (Fsp3) is 0.240. The summed E-state index contributed by atoms with van der Waals surface area (Å²) < 4.78 is 1.95. The zero-order valence-corrected chi connectivity index (χ0v) is 18.1. The predicted octanol–water partition coefficient (Wildman–Crippen LogP) is 4.03. The van der Waals surface area contributed by atoms with E-state index >= 15 is 0 Å². The zero-order chi connectivity index (χ0) is 22.2. The van der Waals surface area contributed by atoms with Crippen molar-refractivity contribution in [3.63, 3.8) is 0 Å². The minimum atomic E-state index is -0.944. The van der Waals surface area contributed by atoms with Crippen LogP contribution in [0.4, 0.5) is 5.69 Å². The molecule has 2 aromatic carbocycles. The second kappa shape index (κ2) is 8.09. The van der Waals surface area contributed by atoms with Crippen LogP contribution in [0.15, 0.2) is 54.9 Å². The molecule has 1 aliphatic heterocycles. The average molecular weight is 428 g/mol. The van der Waals surface area contributed by atoms with Crippen molar-refractivity contribution in [1.29, 1.82) is 0 Å². The lowest BCUT2D eigenvalue weighted by Gasteiger charge is -2.28. The molecule has 0 unspecified atom stereocenters. The average Bonchev–Trinajstić information content (AvgIpc) is 3.15. The van der Waals surface area contributed by atoms with Crippen LogP contribution in [0.2, 0.25) is 0 Å². The van der Waals surface area contributed by atoms with E-state index in [1.807, 2.05) is 29.0 Å². The molecule has 0 saturated carbocycles. The molecule has 0 bridgehead atoms. The minimum Gasteiger partial charge on any atom is -0.478 e. The molecule has 3 heterocycles. The van der Waals surface area contributed by atoms with Crippen molar-refractivity contribution < 1.29 is 9.90 Å². The molecule has 5 rings (SSSR count). The number of hydrogen-bond donors (Lipinski definition) is 3. The van der Waals surface area contributed by atoms with Crippen LogP contribution in [-0.4, -0.2) is 45.2 Å². The first-order valence-corrected chi connectivity index (χ1v) is 10.7. The zero-order valence-electron chi connectivity index (χ0n) is 18.1. The number of hydrogen-bond acceptors (Lipinski definition) is 5. The molecule has 0 amide bonds. The molecule has 0 aliphatic carbocycles. The number of nitrogens with one attached hydrogen (secondary N) is 2. The first-order valence-electron chi connectivity index (χ1n) is 10.7. The van der Waals surface area contributed by atoms with Crippen LogP contribution in [0, 0.1) is 19.8 Å². The first kappa shape index (κ1) is 20.2. The van der Waals surface area contributed by atoms with Crippen molar-refractivity contribution in [2.75, 3.05) is 25.0 Å². The van der Waals surface area contributed by atoms with Gasteiger partial charge in [-0.05, 0) is 50.2 Å². The van der Waals surface area contributed by atoms with Crippen LogP contribution in [0.25, 0.3) is 28.1 Å². The van der Waals surface area contributed by atoms with E-state index < -0.39 is 5.97 Å². The van der Waals surface area contributed by atoms with Crippen molar-refractivity contribution in [1.82, 2.24) is 19.9 Å². The number of carboxylic acids is 1. The molecule has 7 nitrogen and oxygen atoms in total. The molecule has 3 N–H and O–H groups in total. The van der Waals surface area contributed by atoms with E-state index in [1.54, 1.807) is 12.3 Å². The number of anilines is 1. The van der Waals surface area contributed by atoms with Crippen LogP contribution >= 0.6 is 0 Å². The summed E-state index contributed by atoms with van der Waals surface area (Å²) >= 11 is 0. The van der Waals surface area contributed by atoms with Gasteiger partial charge in [-0.1, -0.05) is 17.2 Å². The number of benzene rings is 2. The summed E-state index contributed by atoms with van der Waals surface area (Å²) in [6.45, 7) is 6.79. The monoisotopic (exact) mass is 427 g/mol. The minimum absolute atomic E-state index is 0.263. The smallest absolute Gasteiger partial charge is 0.337 e. The molecular formula is C25H25N5O2. The number of nitrogens with zero attached hydrogens (tertiary/aromatic N) is 3. The number of rotatable bonds is 6. The molecule has 1 aliphatic rings.